The fourth-order valence-corrected chi connectivity index (χ4v) is 5.77. The Labute approximate surface area is 224 Å². The highest BCUT2D eigenvalue weighted by Gasteiger charge is 2.28. The van der Waals surface area contributed by atoms with Gasteiger partial charge in [-0.25, -0.2) is 0 Å². The Bertz CT molecular complexity index is 1130. The zero-order valence-corrected chi connectivity index (χ0v) is 22.0. The predicted molar refractivity (Wildman–Crippen MR) is 147 cm³/mol. The molecule has 3 amide bonds. The van der Waals surface area contributed by atoms with Crippen LogP contribution in [0.2, 0.25) is 0 Å². The topological polar surface area (TPSA) is 97.9 Å². The van der Waals surface area contributed by atoms with Gasteiger partial charge in [0.25, 0.3) is 11.8 Å². The molecular formula is C29H38N6O3. The molecule has 3 aliphatic rings. The molecule has 9 nitrogen and oxygen atoms in total. The molecule has 2 saturated heterocycles. The molecule has 38 heavy (non-hydrogen) atoms. The maximum absolute atomic E-state index is 13.2. The molecular weight excluding hydrogens is 480 g/mol. The van der Waals surface area contributed by atoms with Gasteiger partial charge in [-0.3, -0.25) is 19.4 Å². The van der Waals surface area contributed by atoms with Crippen molar-refractivity contribution < 1.29 is 14.4 Å². The summed E-state index contributed by atoms with van der Waals surface area (Å²) in [4.78, 5) is 49.7. The summed E-state index contributed by atoms with van der Waals surface area (Å²) in [6.07, 6.45) is 9.56. The number of aromatic nitrogens is 1. The lowest BCUT2D eigenvalue weighted by Crippen LogP contribution is -2.46. The molecule has 1 aromatic heterocycles. The minimum Gasteiger partial charge on any atom is -0.368 e. The first-order valence-electron chi connectivity index (χ1n) is 14.0. The zero-order chi connectivity index (χ0) is 26.3. The largest absolute Gasteiger partial charge is 0.368 e. The summed E-state index contributed by atoms with van der Waals surface area (Å²) >= 11 is 0. The Kier molecular flexibility index (Phi) is 8.53. The number of amides is 3. The fourth-order valence-electron chi connectivity index (χ4n) is 5.77. The van der Waals surface area contributed by atoms with Crippen LogP contribution < -0.4 is 15.5 Å². The predicted octanol–water partition coefficient (Wildman–Crippen LogP) is 3.00. The maximum atomic E-state index is 13.2. The van der Waals surface area contributed by atoms with Gasteiger partial charge in [0.15, 0.2) is 0 Å². The van der Waals surface area contributed by atoms with Crippen LogP contribution in [0.15, 0.2) is 42.7 Å². The molecule has 5 rings (SSSR count). The second-order valence-corrected chi connectivity index (χ2v) is 10.5. The third-order valence-electron chi connectivity index (χ3n) is 7.92. The summed E-state index contributed by atoms with van der Waals surface area (Å²) in [5.74, 6) is 0.165. The van der Waals surface area contributed by atoms with Gasteiger partial charge in [0.1, 0.15) is 0 Å². The lowest BCUT2D eigenvalue weighted by atomic mass is 9.88. The second kappa shape index (κ2) is 12.4. The van der Waals surface area contributed by atoms with Crippen LogP contribution >= 0.6 is 0 Å². The van der Waals surface area contributed by atoms with E-state index in [0.29, 0.717) is 48.9 Å². The SMILES string of the molecule is O=C(Nc1cc(C(=O)N2CCNCC2)ccc1N1CCCN(C(=O)C2CCCCC2)CC1)c1cccnc1. The number of nitrogens with zero attached hydrogens (tertiary/aromatic N) is 4. The first kappa shape index (κ1) is 26.2. The fraction of sp³-hybridized carbons (Fsp3) is 0.517. The molecule has 0 radical (unpaired) electrons. The molecule has 2 aliphatic heterocycles. The van der Waals surface area contributed by atoms with Gasteiger partial charge < -0.3 is 25.3 Å². The zero-order valence-electron chi connectivity index (χ0n) is 22.0. The van der Waals surface area contributed by atoms with E-state index in [4.69, 9.17) is 0 Å². The maximum Gasteiger partial charge on any atom is 0.257 e. The minimum absolute atomic E-state index is 0.0324. The lowest BCUT2D eigenvalue weighted by Gasteiger charge is -2.30. The van der Waals surface area contributed by atoms with Gasteiger partial charge in [0.2, 0.25) is 5.91 Å². The smallest absolute Gasteiger partial charge is 0.257 e. The average Bonchev–Trinajstić information content (AvgIpc) is 3.24. The van der Waals surface area contributed by atoms with Crippen molar-refractivity contribution in [1.29, 1.82) is 0 Å². The van der Waals surface area contributed by atoms with Crippen molar-refractivity contribution in [1.82, 2.24) is 20.1 Å². The van der Waals surface area contributed by atoms with E-state index < -0.39 is 0 Å². The molecule has 1 aliphatic carbocycles. The standard InChI is InChI=1S/C29H38N6O3/c36-27(24-8-4-11-31-21-24)32-25-20-23(29(38)35-16-12-30-13-17-35)9-10-26(25)33-14-5-15-34(19-18-33)28(37)22-6-2-1-3-7-22/h4,8-11,20-22,30H,1-3,5-7,12-19H2,(H,32,36). The summed E-state index contributed by atoms with van der Waals surface area (Å²) in [6, 6.07) is 9.04. The van der Waals surface area contributed by atoms with Gasteiger partial charge in [0.05, 0.1) is 16.9 Å². The quantitative estimate of drug-likeness (QED) is 0.632. The first-order valence-corrected chi connectivity index (χ1v) is 14.0. The Balaban J connectivity index is 1.36. The number of pyridine rings is 1. The number of anilines is 2. The highest BCUT2D eigenvalue weighted by molar-refractivity contribution is 6.07. The van der Waals surface area contributed by atoms with E-state index in [1.54, 1.807) is 24.4 Å². The van der Waals surface area contributed by atoms with Crippen LogP contribution in [0.1, 0.15) is 59.2 Å². The second-order valence-electron chi connectivity index (χ2n) is 10.5. The molecule has 3 fully saturated rings. The van der Waals surface area contributed by atoms with Gasteiger partial charge in [-0.2, -0.15) is 0 Å². The number of hydrogen-bond acceptors (Lipinski definition) is 6. The van der Waals surface area contributed by atoms with Crippen molar-refractivity contribution in [3.63, 3.8) is 0 Å². The lowest BCUT2D eigenvalue weighted by molar-refractivity contribution is -0.136. The van der Waals surface area contributed by atoms with Crippen LogP contribution in [0.4, 0.5) is 11.4 Å². The van der Waals surface area contributed by atoms with Gasteiger partial charge in [-0.15, -0.1) is 0 Å². The number of carbonyl (C=O) groups is 3. The van der Waals surface area contributed by atoms with Gasteiger partial charge >= 0.3 is 0 Å². The van der Waals surface area contributed by atoms with E-state index in [1.165, 1.54) is 12.6 Å². The highest BCUT2D eigenvalue weighted by atomic mass is 16.2. The van der Waals surface area contributed by atoms with E-state index >= 15 is 0 Å². The number of rotatable bonds is 5. The molecule has 0 spiro atoms. The molecule has 3 heterocycles. The Morgan fingerprint density at radius 1 is 0.842 bits per heavy atom. The molecule has 202 valence electrons. The Morgan fingerprint density at radius 2 is 1.66 bits per heavy atom. The minimum atomic E-state index is -0.268. The summed E-state index contributed by atoms with van der Waals surface area (Å²) in [5, 5.41) is 6.32. The van der Waals surface area contributed by atoms with E-state index in [9.17, 15) is 14.4 Å². The van der Waals surface area contributed by atoms with Crippen LogP contribution in [0, 0.1) is 5.92 Å². The first-order chi connectivity index (χ1) is 18.6. The van der Waals surface area contributed by atoms with E-state index in [0.717, 1.165) is 64.0 Å². The van der Waals surface area contributed by atoms with Crippen molar-refractivity contribution in [2.75, 3.05) is 62.6 Å². The van der Waals surface area contributed by atoms with Crippen molar-refractivity contribution in [2.45, 2.75) is 38.5 Å². The molecule has 0 atom stereocenters. The van der Waals surface area contributed by atoms with E-state index in [2.05, 4.69) is 20.5 Å². The summed E-state index contributed by atoms with van der Waals surface area (Å²) < 4.78 is 0. The summed E-state index contributed by atoms with van der Waals surface area (Å²) in [7, 11) is 0. The van der Waals surface area contributed by atoms with Gasteiger partial charge in [-0.05, 0) is 49.6 Å². The van der Waals surface area contributed by atoms with Crippen LogP contribution in [-0.2, 0) is 4.79 Å². The number of piperazine rings is 1. The van der Waals surface area contributed by atoms with Crippen molar-refractivity contribution in [2.24, 2.45) is 5.92 Å². The van der Waals surface area contributed by atoms with Crippen LogP contribution in [-0.4, -0.2) is 84.9 Å². The molecule has 1 aromatic carbocycles. The monoisotopic (exact) mass is 518 g/mol. The normalized spacial score (nSPS) is 19.1. The molecule has 2 N–H and O–H groups in total. The Hall–Kier alpha value is -3.46. The average molecular weight is 519 g/mol. The van der Waals surface area contributed by atoms with Crippen molar-refractivity contribution >= 4 is 29.1 Å². The molecule has 0 bridgehead atoms. The summed E-state index contributed by atoms with van der Waals surface area (Å²) in [6.45, 7) is 5.74. The van der Waals surface area contributed by atoms with E-state index in [1.807, 2.05) is 21.9 Å². The molecule has 2 aromatic rings. The van der Waals surface area contributed by atoms with Crippen LogP contribution in [0.3, 0.4) is 0 Å². The van der Waals surface area contributed by atoms with Gasteiger partial charge in [0, 0.05) is 76.2 Å². The number of benzene rings is 1. The molecule has 0 unspecified atom stereocenters. The third-order valence-corrected chi connectivity index (χ3v) is 7.92. The number of hydrogen-bond donors (Lipinski definition) is 2. The Morgan fingerprint density at radius 3 is 2.42 bits per heavy atom. The molecule has 1 saturated carbocycles. The van der Waals surface area contributed by atoms with E-state index in [-0.39, 0.29) is 17.7 Å². The number of nitrogens with one attached hydrogen (secondary N) is 2. The molecule has 9 heteroatoms. The van der Waals surface area contributed by atoms with Crippen molar-refractivity contribution in [3.05, 3.63) is 53.9 Å². The summed E-state index contributed by atoms with van der Waals surface area (Å²) in [5.41, 5.74) is 2.48. The van der Waals surface area contributed by atoms with Crippen molar-refractivity contribution in [3.8, 4) is 0 Å². The van der Waals surface area contributed by atoms with Gasteiger partial charge in [-0.1, -0.05) is 19.3 Å². The number of carbonyl (C=O) groups excluding carboxylic acids is 3. The van der Waals surface area contributed by atoms with Crippen LogP contribution in [0.25, 0.3) is 0 Å². The highest BCUT2D eigenvalue weighted by Crippen LogP contribution is 2.31. The third kappa shape index (κ3) is 6.15. The van der Waals surface area contributed by atoms with Crippen LogP contribution in [0.5, 0.6) is 0 Å².